The van der Waals surface area contributed by atoms with E-state index in [0.717, 1.165) is 10.0 Å². The molecule has 1 aromatic rings. The summed E-state index contributed by atoms with van der Waals surface area (Å²) in [6.07, 6.45) is 0.675. The van der Waals surface area contributed by atoms with Gasteiger partial charge in [-0.2, -0.15) is 0 Å². The molecule has 1 aromatic carbocycles. The molecule has 0 saturated heterocycles. The van der Waals surface area contributed by atoms with E-state index >= 15 is 0 Å². The van der Waals surface area contributed by atoms with Crippen molar-refractivity contribution < 1.29 is 0 Å². The van der Waals surface area contributed by atoms with Gasteiger partial charge in [0, 0.05) is 10.9 Å². The molecule has 0 unspecified atom stereocenters. The number of hydrogen-bond acceptors (Lipinski definition) is 1. The van der Waals surface area contributed by atoms with E-state index < -0.39 is 0 Å². The Kier molecular flexibility index (Phi) is 3.02. The zero-order valence-electron chi connectivity index (χ0n) is 5.88. The van der Waals surface area contributed by atoms with Gasteiger partial charge in [0.05, 0.1) is 4.99 Å². The first-order valence-corrected chi connectivity index (χ1v) is 4.41. The molecule has 0 aliphatic carbocycles. The fourth-order valence-electron chi connectivity index (χ4n) is 0.848. The van der Waals surface area contributed by atoms with Gasteiger partial charge in [-0.25, -0.2) is 0 Å². The highest BCUT2D eigenvalue weighted by atomic mass is 79.9. The summed E-state index contributed by atoms with van der Waals surface area (Å²) in [5.74, 6) is 0. The highest BCUT2D eigenvalue weighted by Gasteiger charge is 1.94. The van der Waals surface area contributed by atoms with Crippen LogP contribution in [0.4, 0.5) is 0 Å². The smallest absolute Gasteiger partial charge is 0.0771 e. The van der Waals surface area contributed by atoms with Crippen molar-refractivity contribution in [1.29, 1.82) is 0 Å². The summed E-state index contributed by atoms with van der Waals surface area (Å²) in [5.41, 5.74) is 6.54. The van der Waals surface area contributed by atoms with Gasteiger partial charge in [-0.3, -0.25) is 0 Å². The van der Waals surface area contributed by atoms with Crippen LogP contribution in [0.15, 0.2) is 28.7 Å². The molecule has 58 valence electrons. The summed E-state index contributed by atoms with van der Waals surface area (Å²) in [4.78, 5) is 0.531. The summed E-state index contributed by atoms with van der Waals surface area (Å²) in [5, 5.41) is 0. The fourth-order valence-corrected chi connectivity index (χ4v) is 1.46. The first-order chi connectivity index (χ1) is 5.18. The van der Waals surface area contributed by atoms with Crippen LogP contribution < -0.4 is 5.73 Å². The van der Waals surface area contributed by atoms with Crippen LogP contribution in [0, 0.1) is 0 Å². The van der Waals surface area contributed by atoms with Gasteiger partial charge in [-0.15, -0.1) is 0 Å². The molecule has 0 amide bonds. The Morgan fingerprint density at radius 2 is 2.27 bits per heavy atom. The van der Waals surface area contributed by atoms with Crippen LogP contribution in [0.5, 0.6) is 0 Å². The molecule has 0 heterocycles. The Morgan fingerprint density at radius 1 is 1.55 bits per heavy atom. The fraction of sp³-hybridized carbons (Fsp3) is 0.125. The Morgan fingerprint density at radius 3 is 2.82 bits per heavy atom. The second-order valence-electron chi connectivity index (χ2n) is 2.27. The molecule has 0 bridgehead atoms. The lowest BCUT2D eigenvalue weighted by Gasteiger charge is -1.98. The molecule has 0 aliphatic rings. The third-order valence-corrected chi connectivity index (χ3v) is 1.90. The van der Waals surface area contributed by atoms with Crippen molar-refractivity contribution in [2.24, 2.45) is 5.73 Å². The topological polar surface area (TPSA) is 26.0 Å². The molecule has 0 aliphatic heterocycles. The van der Waals surface area contributed by atoms with Crippen molar-refractivity contribution >= 4 is 33.1 Å². The lowest BCUT2D eigenvalue weighted by molar-refractivity contribution is 1.32. The molecular weight excluding hydrogens is 222 g/mol. The molecule has 0 atom stereocenters. The van der Waals surface area contributed by atoms with Gasteiger partial charge in [-0.05, 0) is 17.7 Å². The van der Waals surface area contributed by atoms with Crippen molar-refractivity contribution in [3.8, 4) is 0 Å². The zero-order chi connectivity index (χ0) is 8.27. The van der Waals surface area contributed by atoms with E-state index in [-0.39, 0.29) is 0 Å². The van der Waals surface area contributed by atoms with Crippen molar-refractivity contribution in [3.05, 3.63) is 34.3 Å². The number of thiocarbonyl (C=S) groups is 1. The monoisotopic (exact) mass is 229 g/mol. The molecule has 3 heteroatoms. The van der Waals surface area contributed by atoms with Crippen molar-refractivity contribution in [1.82, 2.24) is 0 Å². The average molecular weight is 230 g/mol. The highest BCUT2D eigenvalue weighted by molar-refractivity contribution is 9.10. The van der Waals surface area contributed by atoms with Crippen molar-refractivity contribution in [3.63, 3.8) is 0 Å². The molecule has 2 N–H and O–H groups in total. The molecule has 0 radical (unpaired) electrons. The van der Waals surface area contributed by atoms with Crippen LogP contribution in [0.3, 0.4) is 0 Å². The summed E-state index contributed by atoms with van der Waals surface area (Å²) < 4.78 is 1.06. The van der Waals surface area contributed by atoms with Crippen LogP contribution in [0.2, 0.25) is 0 Å². The van der Waals surface area contributed by atoms with Crippen LogP contribution in [0.1, 0.15) is 5.56 Å². The van der Waals surface area contributed by atoms with Gasteiger partial charge in [-0.1, -0.05) is 40.3 Å². The maximum absolute atomic E-state index is 5.39. The van der Waals surface area contributed by atoms with E-state index in [9.17, 15) is 0 Å². The maximum Gasteiger partial charge on any atom is 0.0771 e. The molecular formula is C8H8BrNS. The number of halogens is 1. The molecule has 0 spiro atoms. The van der Waals surface area contributed by atoms with Gasteiger partial charge in [0.2, 0.25) is 0 Å². The maximum atomic E-state index is 5.39. The highest BCUT2D eigenvalue weighted by Crippen LogP contribution is 2.11. The Balaban J connectivity index is 2.79. The number of nitrogens with two attached hydrogens (primary N) is 1. The Labute approximate surface area is 79.7 Å². The van der Waals surface area contributed by atoms with E-state index in [1.54, 1.807) is 0 Å². The Hall–Kier alpha value is -0.410. The zero-order valence-corrected chi connectivity index (χ0v) is 8.28. The predicted molar refractivity (Wildman–Crippen MR) is 54.6 cm³/mol. The van der Waals surface area contributed by atoms with Gasteiger partial charge in [0.1, 0.15) is 0 Å². The van der Waals surface area contributed by atoms with Gasteiger partial charge < -0.3 is 5.73 Å². The summed E-state index contributed by atoms with van der Waals surface area (Å²) in [6.45, 7) is 0. The average Bonchev–Trinajstić information content (AvgIpc) is 1.85. The third kappa shape index (κ3) is 2.99. The third-order valence-electron chi connectivity index (χ3n) is 1.27. The van der Waals surface area contributed by atoms with Crippen LogP contribution in [-0.2, 0) is 6.42 Å². The van der Waals surface area contributed by atoms with E-state index in [1.165, 1.54) is 0 Å². The lowest BCUT2D eigenvalue weighted by Crippen LogP contribution is -2.10. The van der Waals surface area contributed by atoms with Gasteiger partial charge in [0.15, 0.2) is 0 Å². The number of benzene rings is 1. The van der Waals surface area contributed by atoms with E-state index in [2.05, 4.69) is 15.9 Å². The molecule has 11 heavy (non-hydrogen) atoms. The second-order valence-corrected chi connectivity index (χ2v) is 3.71. The molecule has 1 rings (SSSR count). The molecule has 0 saturated carbocycles. The number of rotatable bonds is 2. The lowest BCUT2D eigenvalue weighted by atomic mass is 10.2. The first kappa shape index (κ1) is 8.68. The molecule has 0 aromatic heterocycles. The summed E-state index contributed by atoms with van der Waals surface area (Å²) in [7, 11) is 0. The molecule has 0 fully saturated rings. The van der Waals surface area contributed by atoms with Gasteiger partial charge in [0.25, 0.3) is 0 Å². The SMILES string of the molecule is NC(=S)Cc1cccc(Br)c1. The minimum absolute atomic E-state index is 0.531. The van der Waals surface area contributed by atoms with E-state index in [4.69, 9.17) is 18.0 Å². The van der Waals surface area contributed by atoms with E-state index in [0.29, 0.717) is 11.4 Å². The predicted octanol–water partition coefficient (Wildman–Crippen LogP) is 2.28. The van der Waals surface area contributed by atoms with Crippen molar-refractivity contribution in [2.75, 3.05) is 0 Å². The Bertz CT molecular complexity index is 273. The van der Waals surface area contributed by atoms with Gasteiger partial charge >= 0.3 is 0 Å². The summed E-state index contributed by atoms with van der Waals surface area (Å²) >= 11 is 8.15. The molecule has 1 nitrogen and oxygen atoms in total. The second kappa shape index (κ2) is 3.83. The normalized spacial score (nSPS) is 9.55. The number of hydrogen-bond donors (Lipinski definition) is 1. The van der Waals surface area contributed by atoms with Crippen LogP contribution >= 0.6 is 28.1 Å². The van der Waals surface area contributed by atoms with E-state index in [1.807, 2.05) is 24.3 Å². The first-order valence-electron chi connectivity index (χ1n) is 3.21. The largest absolute Gasteiger partial charge is 0.393 e. The van der Waals surface area contributed by atoms with Crippen LogP contribution in [-0.4, -0.2) is 4.99 Å². The minimum atomic E-state index is 0.531. The minimum Gasteiger partial charge on any atom is -0.393 e. The van der Waals surface area contributed by atoms with Crippen molar-refractivity contribution in [2.45, 2.75) is 6.42 Å². The standard InChI is InChI=1S/C8H8BrNS/c9-7-3-1-2-6(4-7)5-8(10)11/h1-4H,5H2,(H2,10,11). The van der Waals surface area contributed by atoms with Crippen LogP contribution in [0.25, 0.3) is 0 Å². The summed E-state index contributed by atoms with van der Waals surface area (Å²) in [6, 6.07) is 7.96. The quantitative estimate of drug-likeness (QED) is 0.789.